The first kappa shape index (κ1) is 69.8. The Labute approximate surface area is 657 Å². The van der Waals surface area contributed by atoms with Gasteiger partial charge in [-0.25, -0.2) is 0 Å². The number of nitrogens with zero attached hydrogens (tertiary/aromatic N) is 4. The van der Waals surface area contributed by atoms with Crippen molar-refractivity contribution in [3.8, 4) is 83.6 Å². The lowest BCUT2D eigenvalue weighted by atomic mass is 9.33. The lowest BCUT2D eigenvalue weighted by Gasteiger charge is -2.51. The summed E-state index contributed by atoms with van der Waals surface area (Å²) in [7, 11) is 0. The van der Waals surface area contributed by atoms with Gasteiger partial charge in [0.25, 0.3) is 6.71 Å². The van der Waals surface area contributed by atoms with Crippen LogP contribution in [0.1, 0.15) is 119 Å². The zero-order valence-electron chi connectivity index (χ0n) is 66.0. The Morgan fingerprint density at radius 1 is 0.297 bits per heavy atom. The molecule has 19 rings (SSSR count). The topological polar surface area (TPSA) is 14.7 Å². The van der Waals surface area contributed by atoms with Gasteiger partial charge in [-0.3, -0.25) is 0 Å². The van der Waals surface area contributed by atoms with Crippen molar-refractivity contribution in [3.63, 3.8) is 0 Å². The van der Waals surface area contributed by atoms with Gasteiger partial charge >= 0.3 is 0 Å². The summed E-state index contributed by atoms with van der Waals surface area (Å²) in [5, 5.41) is 2.51. The molecule has 1 aromatic heterocycles. The standard InChI is InChI=1S/C106H97BN4/c1-68-54-70-56-69(2)108(85(55-68)57-70)84-49-50-93-98(65-84)111(103-89(76-38-26-16-27-39-76)60-80(72-32-20-13-21-33-72)61-90(103)77-40-28-17-29-41-77)100-67-86(109-95-52-47-82(105(6,7)8)63-91(95)92-64-83(106(9,10)11)48-53-96(92)109)66-99-101(100)107(93)94-62-78(73-42-45-81(46-43-73)104(3,4)5)44-51-97(94)110(99)102-87(74-34-22-14-23-35-74)58-79(71-30-18-12-19-31-71)59-88(102)75-36-24-15-25-37-75/h12-53,58-70,85H,54-57H2,1-11H3. The number of piperidine rings is 1. The minimum absolute atomic E-state index is 0.0110. The first-order valence-corrected chi connectivity index (χ1v) is 40.5. The van der Waals surface area contributed by atoms with Crippen LogP contribution in [0, 0.1) is 11.8 Å². The summed E-state index contributed by atoms with van der Waals surface area (Å²) in [6.07, 6.45) is 4.92. The predicted molar refractivity (Wildman–Crippen MR) is 476 cm³/mol. The molecule has 4 unspecified atom stereocenters. The maximum Gasteiger partial charge on any atom is 0.252 e. The maximum absolute atomic E-state index is 2.87. The molecule has 2 fully saturated rings. The van der Waals surface area contributed by atoms with Crippen molar-refractivity contribution in [1.29, 1.82) is 0 Å². The number of hydrogen-bond donors (Lipinski definition) is 0. The van der Waals surface area contributed by atoms with Crippen LogP contribution in [0.3, 0.4) is 0 Å². The second kappa shape index (κ2) is 27.1. The van der Waals surface area contributed by atoms with Crippen molar-refractivity contribution in [1.82, 2.24) is 4.57 Å². The summed E-state index contributed by atoms with van der Waals surface area (Å²) in [4.78, 5) is 8.41. The van der Waals surface area contributed by atoms with Gasteiger partial charge in [-0.2, -0.15) is 0 Å². The van der Waals surface area contributed by atoms with Crippen LogP contribution in [-0.2, 0) is 16.2 Å². The highest BCUT2D eigenvalue weighted by molar-refractivity contribution is 7.00. The van der Waals surface area contributed by atoms with Crippen LogP contribution in [0.4, 0.5) is 39.8 Å². The van der Waals surface area contributed by atoms with Crippen molar-refractivity contribution in [3.05, 3.63) is 332 Å². The highest BCUT2D eigenvalue weighted by Crippen LogP contribution is 2.57. The van der Waals surface area contributed by atoms with Gasteiger partial charge in [0.1, 0.15) is 0 Å². The van der Waals surface area contributed by atoms with E-state index in [-0.39, 0.29) is 23.0 Å². The number of fused-ring (bicyclic) bond motifs is 9. The van der Waals surface area contributed by atoms with Crippen LogP contribution in [0.5, 0.6) is 0 Å². The normalized spacial score (nSPS) is 16.7. The minimum Gasteiger partial charge on any atom is -0.366 e. The van der Waals surface area contributed by atoms with Gasteiger partial charge in [0.05, 0.1) is 28.1 Å². The van der Waals surface area contributed by atoms with Crippen LogP contribution < -0.4 is 31.1 Å². The fraction of sp³-hybridized carbons (Fsp3) is 0.208. The molecule has 5 heteroatoms. The Morgan fingerprint density at radius 2 is 0.694 bits per heavy atom. The number of benzene rings is 14. The van der Waals surface area contributed by atoms with Gasteiger partial charge in [-0.1, -0.05) is 306 Å². The molecule has 14 aromatic carbocycles. The van der Waals surface area contributed by atoms with E-state index >= 15 is 0 Å². The van der Waals surface area contributed by atoms with Gasteiger partial charge in [0.15, 0.2) is 0 Å². The number of anilines is 7. The van der Waals surface area contributed by atoms with Crippen molar-refractivity contribution in [2.75, 3.05) is 14.7 Å². The van der Waals surface area contributed by atoms with E-state index in [1.54, 1.807) is 0 Å². The van der Waals surface area contributed by atoms with E-state index < -0.39 is 0 Å². The smallest absolute Gasteiger partial charge is 0.252 e. The second-order valence-electron chi connectivity index (χ2n) is 35.5. The summed E-state index contributed by atoms with van der Waals surface area (Å²) in [6, 6.07) is 123. The molecule has 0 N–H and O–H groups in total. The molecule has 4 aliphatic rings. The molecule has 1 saturated carbocycles. The molecule has 544 valence electrons. The summed E-state index contributed by atoms with van der Waals surface area (Å²) < 4.78 is 2.64. The molecule has 111 heavy (non-hydrogen) atoms. The average molecular weight is 1440 g/mol. The van der Waals surface area contributed by atoms with Crippen molar-refractivity contribution in [2.45, 2.75) is 130 Å². The van der Waals surface area contributed by atoms with Crippen LogP contribution in [0.2, 0.25) is 0 Å². The van der Waals surface area contributed by atoms with Crippen molar-refractivity contribution >= 4 is 84.7 Å². The fourth-order valence-corrected chi connectivity index (χ4v) is 19.6. The van der Waals surface area contributed by atoms with Crippen molar-refractivity contribution < 1.29 is 0 Å². The van der Waals surface area contributed by atoms with E-state index in [1.165, 1.54) is 120 Å². The van der Waals surface area contributed by atoms with Crippen molar-refractivity contribution in [2.24, 2.45) is 11.8 Å². The quantitative estimate of drug-likeness (QED) is 0.120. The van der Waals surface area contributed by atoms with Crippen LogP contribution in [-0.4, -0.2) is 23.4 Å². The maximum atomic E-state index is 2.87. The summed E-state index contributed by atoms with van der Waals surface area (Å²) in [5.74, 6) is 1.39. The summed E-state index contributed by atoms with van der Waals surface area (Å²) >= 11 is 0. The first-order valence-electron chi connectivity index (χ1n) is 40.5. The molecule has 15 aromatic rings. The molecule has 0 spiro atoms. The minimum atomic E-state index is -0.253. The van der Waals surface area contributed by atoms with Gasteiger partial charge in [-0.15, -0.1) is 0 Å². The third-order valence-electron chi connectivity index (χ3n) is 25.0. The van der Waals surface area contributed by atoms with E-state index in [2.05, 4.69) is 411 Å². The number of hydrogen-bond acceptors (Lipinski definition) is 3. The molecule has 1 saturated heterocycles. The zero-order valence-corrected chi connectivity index (χ0v) is 66.0. The summed E-state index contributed by atoms with van der Waals surface area (Å²) in [5.41, 5.74) is 35.4. The molecule has 4 heterocycles. The fourth-order valence-electron chi connectivity index (χ4n) is 19.6. The first-order chi connectivity index (χ1) is 53.7. The van der Waals surface area contributed by atoms with Gasteiger partial charge in [0.2, 0.25) is 0 Å². The van der Waals surface area contributed by atoms with Crippen LogP contribution in [0.25, 0.3) is 105 Å². The Morgan fingerprint density at radius 3 is 1.14 bits per heavy atom. The summed E-state index contributed by atoms with van der Waals surface area (Å²) in [6.45, 7) is 25.9. The third kappa shape index (κ3) is 12.3. The molecule has 3 aliphatic heterocycles. The van der Waals surface area contributed by atoms with E-state index in [0.717, 1.165) is 90.1 Å². The molecular weight excluding hydrogens is 1340 g/mol. The number of aromatic nitrogens is 1. The van der Waals surface area contributed by atoms with Crippen LogP contribution in [0.15, 0.2) is 315 Å². The van der Waals surface area contributed by atoms with E-state index in [9.17, 15) is 0 Å². The lowest BCUT2D eigenvalue weighted by Crippen LogP contribution is -2.61. The Bertz CT molecular complexity index is 5870. The zero-order chi connectivity index (χ0) is 75.8. The molecule has 4 atom stereocenters. The van der Waals surface area contributed by atoms with E-state index in [1.807, 2.05) is 0 Å². The predicted octanol–water partition coefficient (Wildman–Crippen LogP) is 26.8. The lowest BCUT2D eigenvalue weighted by molar-refractivity contribution is 0.179. The Hall–Kier alpha value is -11.7. The molecule has 4 nitrogen and oxygen atoms in total. The highest BCUT2D eigenvalue weighted by atomic mass is 15.2. The van der Waals surface area contributed by atoms with E-state index in [4.69, 9.17) is 0 Å². The highest BCUT2D eigenvalue weighted by Gasteiger charge is 2.47. The molecule has 1 aliphatic carbocycles. The third-order valence-corrected chi connectivity index (χ3v) is 25.0. The monoisotopic (exact) mass is 1440 g/mol. The SMILES string of the molecule is CC1CC2CC(C)N(c3ccc4c(c3)N(c3c(-c5ccccc5)cc(-c5ccccc5)cc3-c3ccccc3)c3cc(-n5c6ccc(C(C)(C)C)cc6c6cc(C(C)(C)C)ccc65)cc5c3B4c3cc(-c4ccc(C(C)(C)C)cc4)ccc3N5c3c(-c4ccccc4)cc(-c4ccccc4)cc3-c3ccccc3)C(C1)C2. The second-order valence-corrected chi connectivity index (χ2v) is 35.5. The average Bonchev–Trinajstić information content (AvgIpc) is 1.30. The Kier molecular flexibility index (Phi) is 17.1. The molecule has 0 radical (unpaired) electrons. The van der Waals surface area contributed by atoms with Gasteiger partial charge in [-0.05, 0) is 228 Å². The van der Waals surface area contributed by atoms with Crippen LogP contribution >= 0.6 is 0 Å². The van der Waals surface area contributed by atoms with Gasteiger partial charge in [0, 0.05) is 73.5 Å². The van der Waals surface area contributed by atoms with Gasteiger partial charge < -0.3 is 19.3 Å². The molecule has 2 bridgehead atoms. The van der Waals surface area contributed by atoms with E-state index in [0.29, 0.717) is 18.0 Å². The molecule has 0 amide bonds. The number of rotatable bonds is 11. The Balaban J connectivity index is 1.02. The largest absolute Gasteiger partial charge is 0.366 e. The molecular formula is C106H97BN4.